The Morgan fingerprint density at radius 2 is 1.50 bits per heavy atom. The van der Waals surface area contributed by atoms with Gasteiger partial charge in [-0.1, -0.05) is 48.0 Å². The molecule has 0 fully saturated rings. The van der Waals surface area contributed by atoms with Crippen molar-refractivity contribution in [1.82, 2.24) is 9.97 Å². The average molecular weight is 653 g/mol. The summed E-state index contributed by atoms with van der Waals surface area (Å²) in [6.07, 6.45) is 1.69. The Morgan fingerprint density at radius 3 is 2.22 bits per heavy atom. The van der Waals surface area contributed by atoms with Gasteiger partial charge in [-0.2, -0.15) is 0 Å². The van der Waals surface area contributed by atoms with Gasteiger partial charge < -0.3 is 9.84 Å². The molecule has 0 aliphatic carbocycles. The number of phenolic OH excluding ortho intramolecular Hbond substituents is 1. The van der Waals surface area contributed by atoms with Crippen molar-refractivity contribution in [3.63, 3.8) is 0 Å². The number of ether oxygens (including phenoxy) is 1. The molecule has 1 N–H and O–H groups in total. The van der Waals surface area contributed by atoms with Crippen LogP contribution in [0.1, 0.15) is 16.7 Å². The third-order valence-electron chi connectivity index (χ3n) is 5.87. The number of pyridine rings is 2. The van der Waals surface area contributed by atoms with Gasteiger partial charge in [0.15, 0.2) is 0 Å². The van der Waals surface area contributed by atoms with E-state index in [9.17, 15) is 5.11 Å². The summed E-state index contributed by atoms with van der Waals surface area (Å²) in [6, 6.07) is 30.3. The number of nitrogens with zero attached hydrogens (tertiary/aromatic N) is 2. The molecule has 3 aromatic carbocycles. The minimum Gasteiger partial charge on any atom is -0.507 e. The second kappa shape index (κ2) is 10.9. The summed E-state index contributed by atoms with van der Waals surface area (Å²) in [4.78, 5) is 9.16. The fourth-order valence-corrected chi connectivity index (χ4v) is 4.45. The minimum absolute atomic E-state index is 0. The molecule has 0 spiro atoms. The summed E-state index contributed by atoms with van der Waals surface area (Å²) < 4.78 is 5.91. The average Bonchev–Trinajstić information content (AvgIpc) is 2.84. The van der Waals surface area contributed by atoms with Crippen LogP contribution in [0.5, 0.6) is 17.4 Å². The monoisotopic (exact) mass is 652 g/mol. The Balaban J connectivity index is 0.00000304. The largest absolute Gasteiger partial charge is 0.507 e. The minimum atomic E-state index is 0. The second-order valence-corrected chi connectivity index (χ2v) is 8.62. The Kier molecular flexibility index (Phi) is 7.66. The van der Waals surface area contributed by atoms with E-state index >= 15 is 0 Å². The fourth-order valence-electron chi connectivity index (χ4n) is 4.45. The normalized spacial score (nSPS) is 10.5. The molecule has 4 nitrogen and oxygen atoms in total. The first-order chi connectivity index (χ1) is 17.0. The number of rotatable bonds is 5. The van der Waals surface area contributed by atoms with Crippen LogP contribution in [0.15, 0.2) is 91.1 Å². The topological polar surface area (TPSA) is 55.2 Å². The molecule has 36 heavy (non-hydrogen) atoms. The number of hydrogen-bond acceptors (Lipinski definition) is 4. The molecule has 0 aliphatic rings. The zero-order chi connectivity index (χ0) is 24.4. The van der Waals surface area contributed by atoms with E-state index in [-0.39, 0.29) is 26.8 Å². The van der Waals surface area contributed by atoms with Gasteiger partial charge in [0.25, 0.3) is 0 Å². The van der Waals surface area contributed by atoms with E-state index in [4.69, 9.17) is 9.72 Å². The van der Waals surface area contributed by atoms with Crippen molar-refractivity contribution in [1.29, 1.82) is 0 Å². The van der Waals surface area contributed by atoms with Crippen LogP contribution in [-0.4, -0.2) is 15.1 Å². The van der Waals surface area contributed by atoms with Gasteiger partial charge in [0, 0.05) is 44.6 Å². The third-order valence-corrected chi connectivity index (χ3v) is 5.87. The number of aryl methyl sites for hydroxylation is 3. The van der Waals surface area contributed by atoms with Crippen LogP contribution in [0.25, 0.3) is 33.6 Å². The number of aromatic nitrogens is 2. The molecule has 0 saturated carbocycles. The standard InChI is InChI=1S/C31H25N2O2.Pt/c1-20-15-21(2)31(22(3)16-20)24-18-27(33-28(19-24)26-11-4-5-12-29(26)34)23-9-8-10-25(17-23)35-30-13-6-7-14-32-30;/h4-16,18-19,34H,1-3H3;/q-1;. The maximum atomic E-state index is 10.6. The van der Waals surface area contributed by atoms with Gasteiger partial charge in [0.05, 0.1) is 5.69 Å². The van der Waals surface area contributed by atoms with Crippen molar-refractivity contribution in [2.24, 2.45) is 0 Å². The van der Waals surface area contributed by atoms with Crippen molar-refractivity contribution in [2.75, 3.05) is 0 Å². The van der Waals surface area contributed by atoms with Crippen LogP contribution in [-0.2, 0) is 21.1 Å². The van der Waals surface area contributed by atoms with Crippen molar-refractivity contribution < 1.29 is 30.9 Å². The first kappa shape index (κ1) is 25.3. The second-order valence-electron chi connectivity index (χ2n) is 8.62. The molecule has 182 valence electrons. The van der Waals surface area contributed by atoms with Crippen LogP contribution in [0.4, 0.5) is 0 Å². The maximum Gasteiger partial charge on any atom is 0.217 e. The van der Waals surface area contributed by atoms with E-state index in [1.54, 1.807) is 18.3 Å². The third kappa shape index (κ3) is 5.40. The summed E-state index contributed by atoms with van der Waals surface area (Å²) in [6.45, 7) is 6.36. The van der Waals surface area contributed by atoms with E-state index in [0.717, 1.165) is 22.4 Å². The van der Waals surface area contributed by atoms with Crippen LogP contribution in [0.2, 0.25) is 0 Å². The van der Waals surface area contributed by atoms with Gasteiger partial charge in [0.2, 0.25) is 5.88 Å². The summed E-state index contributed by atoms with van der Waals surface area (Å²) in [5.74, 6) is 1.25. The van der Waals surface area contributed by atoms with E-state index in [0.29, 0.717) is 22.9 Å². The molecular weight excluding hydrogens is 627 g/mol. The van der Waals surface area contributed by atoms with Gasteiger partial charge in [0.1, 0.15) is 5.75 Å². The molecule has 5 rings (SSSR count). The number of phenols is 1. The number of aromatic hydroxyl groups is 1. The van der Waals surface area contributed by atoms with Gasteiger partial charge in [-0.15, -0.1) is 23.8 Å². The number of benzene rings is 3. The van der Waals surface area contributed by atoms with Crippen LogP contribution < -0.4 is 4.74 Å². The maximum absolute atomic E-state index is 10.6. The SMILES string of the molecule is Cc1cc(C)c(-c2cc(-c3[c-]c(Oc4ccccn4)ccc3)nc(-c3ccccc3O)c2)c(C)c1.[Pt]. The summed E-state index contributed by atoms with van der Waals surface area (Å²) in [7, 11) is 0. The zero-order valence-electron chi connectivity index (χ0n) is 20.2. The molecule has 0 amide bonds. The molecule has 0 saturated heterocycles. The molecule has 0 atom stereocenters. The van der Waals surface area contributed by atoms with Crippen LogP contribution in [0.3, 0.4) is 0 Å². The predicted octanol–water partition coefficient (Wildman–Crippen LogP) is 7.70. The summed E-state index contributed by atoms with van der Waals surface area (Å²) in [5, 5.41) is 10.6. The van der Waals surface area contributed by atoms with Gasteiger partial charge in [-0.05, 0) is 73.0 Å². The molecular formula is C31H25N2O2Pt-. The van der Waals surface area contributed by atoms with E-state index in [1.165, 1.54) is 16.7 Å². The van der Waals surface area contributed by atoms with E-state index in [2.05, 4.69) is 50.0 Å². The summed E-state index contributed by atoms with van der Waals surface area (Å²) in [5.41, 5.74) is 8.72. The van der Waals surface area contributed by atoms with Crippen LogP contribution >= 0.6 is 0 Å². The molecule has 0 aliphatic heterocycles. The van der Waals surface area contributed by atoms with Gasteiger partial charge in [-0.25, -0.2) is 4.98 Å². The van der Waals surface area contributed by atoms with Crippen LogP contribution in [0, 0.1) is 26.8 Å². The van der Waals surface area contributed by atoms with Crippen molar-refractivity contribution >= 4 is 0 Å². The number of para-hydroxylation sites is 1. The quantitative estimate of drug-likeness (QED) is 0.198. The molecule has 2 heterocycles. The zero-order valence-corrected chi connectivity index (χ0v) is 22.5. The fraction of sp³-hybridized carbons (Fsp3) is 0.0968. The Morgan fingerprint density at radius 1 is 0.778 bits per heavy atom. The molecule has 2 aromatic heterocycles. The molecule has 0 unspecified atom stereocenters. The molecule has 0 bridgehead atoms. The van der Waals surface area contributed by atoms with E-state index in [1.807, 2.05) is 54.6 Å². The Bertz CT molecular complexity index is 1490. The first-order valence-electron chi connectivity index (χ1n) is 11.5. The Labute approximate surface area is 225 Å². The first-order valence-corrected chi connectivity index (χ1v) is 11.5. The smallest absolute Gasteiger partial charge is 0.217 e. The Hall–Kier alpha value is -3.75. The molecule has 5 aromatic rings. The molecule has 0 radical (unpaired) electrons. The molecule has 5 heteroatoms. The van der Waals surface area contributed by atoms with Crippen molar-refractivity contribution in [2.45, 2.75) is 20.8 Å². The van der Waals surface area contributed by atoms with Gasteiger partial charge >= 0.3 is 0 Å². The number of hydrogen-bond donors (Lipinski definition) is 1. The summed E-state index contributed by atoms with van der Waals surface area (Å²) >= 11 is 0. The van der Waals surface area contributed by atoms with Crippen molar-refractivity contribution in [3.8, 4) is 51.0 Å². The van der Waals surface area contributed by atoms with Crippen molar-refractivity contribution in [3.05, 3.63) is 114 Å². The predicted molar refractivity (Wildman–Crippen MR) is 140 cm³/mol. The van der Waals surface area contributed by atoms with Gasteiger partial charge in [-0.3, -0.25) is 4.98 Å². The van der Waals surface area contributed by atoms with E-state index < -0.39 is 0 Å².